The van der Waals surface area contributed by atoms with Gasteiger partial charge in [0.15, 0.2) is 0 Å². The van der Waals surface area contributed by atoms with Crippen LogP contribution in [-0.2, 0) is 0 Å². The molecule has 1 N–H and O–H groups in total. The van der Waals surface area contributed by atoms with Crippen molar-refractivity contribution in [2.75, 3.05) is 13.1 Å². The Kier molecular flexibility index (Phi) is 4.61. The minimum Gasteiger partial charge on any atom is -0.490 e. The van der Waals surface area contributed by atoms with Gasteiger partial charge < -0.3 is 19.5 Å². The van der Waals surface area contributed by atoms with Crippen LogP contribution in [0.2, 0.25) is 0 Å². The number of piperidine rings is 1. The number of rotatable bonds is 4. The molecule has 0 bridgehead atoms. The van der Waals surface area contributed by atoms with Crippen molar-refractivity contribution >= 4 is 6.09 Å². The van der Waals surface area contributed by atoms with Gasteiger partial charge in [-0.3, -0.25) is 0 Å². The maximum atomic E-state index is 10.9. The minimum absolute atomic E-state index is 0.0492. The van der Waals surface area contributed by atoms with Crippen molar-refractivity contribution in [1.29, 1.82) is 0 Å². The summed E-state index contributed by atoms with van der Waals surface area (Å²) in [6.07, 6.45) is 2.28. The Morgan fingerprint density at radius 3 is 2.39 bits per heavy atom. The molecule has 2 heterocycles. The van der Waals surface area contributed by atoms with Gasteiger partial charge in [-0.1, -0.05) is 6.07 Å². The molecule has 3 rings (SSSR count). The number of benzene rings is 1. The van der Waals surface area contributed by atoms with E-state index in [0.29, 0.717) is 37.6 Å². The molecule has 0 radical (unpaired) electrons. The predicted molar refractivity (Wildman–Crippen MR) is 84.0 cm³/mol. The predicted octanol–water partition coefficient (Wildman–Crippen LogP) is 3.40. The molecular weight excluding hydrogens is 296 g/mol. The molecule has 0 unspecified atom stereocenters. The lowest BCUT2D eigenvalue weighted by atomic mass is 10.1. The zero-order valence-electron chi connectivity index (χ0n) is 12.6. The van der Waals surface area contributed by atoms with Crippen LogP contribution < -0.4 is 9.47 Å². The van der Waals surface area contributed by atoms with E-state index in [1.807, 2.05) is 36.4 Å². The Morgan fingerprint density at radius 1 is 1.09 bits per heavy atom. The van der Waals surface area contributed by atoms with Gasteiger partial charge in [0, 0.05) is 38.2 Å². The third-order valence-electron chi connectivity index (χ3n) is 3.70. The average molecular weight is 314 g/mol. The first-order valence-electron chi connectivity index (χ1n) is 7.54. The van der Waals surface area contributed by atoms with Crippen LogP contribution in [0.15, 0.2) is 48.7 Å². The number of likely N-dealkylation sites (tertiary alicyclic amines) is 1. The normalized spacial score (nSPS) is 15.2. The lowest BCUT2D eigenvalue weighted by molar-refractivity contribution is 0.0894. The molecule has 1 aliphatic rings. The number of hydrogen-bond acceptors (Lipinski definition) is 4. The molecule has 23 heavy (non-hydrogen) atoms. The highest BCUT2D eigenvalue weighted by Crippen LogP contribution is 2.24. The smallest absolute Gasteiger partial charge is 0.407 e. The molecule has 1 aromatic carbocycles. The molecule has 6 nitrogen and oxygen atoms in total. The largest absolute Gasteiger partial charge is 0.490 e. The van der Waals surface area contributed by atoms with Crippen LogP contribution in [0.5, 0.6) is 17.4 Å². The fourth-order valence-electron chi connectivity index (χ4n) is 2.47. The molecule has 0 atom stereocenters. The molecule has 1 amide bonds. The topological polar surface area (TPSA) is 71.9 Å². The van der Waals surface area contributed by atoms with Gasteiger partial charge in [-0.25, -0.2) is 9.78 Å². The van der Waals surface area contributed by atoms with Gasteiger partial charge in [0.05, 0.1) is 0 Å². The molecular formula is C17H18N2O4. The lowest BCUT2D eigenvalue weighted by Gasteiger charge is -2.30. The van der Waals surface area contributed by atoms with Crippen molar-refractivity contribution in [3.05, 3.63) is 48.7 Å². The molecule has 1 fully saturated rings. The van der Waals surface area contributed by atoms with E-state index in [4.69, 9.17) is 14.6 Å². The van der Waals surface area contributed by atoms with Crippen molar-refractivity contribution in [3.63, 3.8) is 0 Å². The lowest BCUT2D eigenvalue weighted by Crippen LogP contribution is -2.41. The van der Waals surface area contributed by atoms with Crippen LogP contribution in [0.3, 0.4) is 0 Å². The van der Waals surface area contributed by atoms with Crippen molar-refractivity contribution < 1.29 is 19.4 Å². The summed E-state index contributed by atoms with van der Waals surface area (Å²) in [5.74, 6) is 1.99. The first-order chi connectivity index (χ1) is 11.2. The van der Waals surface area contributed by atoms with Crippen LogP contribution in [-0.4, -0.2) is 40.3 Å². The number of nitrogens with zero attached hydrogens (tertiary/aromatic N) is 2. The highest BCUT2D eigenvalue weighted by atomic mass is 16.5. The number of carboxylic acid groups (broad SMARTS) is 1. The molecule has 1 aliphatic heterocycles. The second-order valence-electron chi connectivity index (χ2n) is 5.33. The summed E-state index contributed by atoms with van der Waals surface area (Å²) in [5, 5.41) is 8.93. The fourth-order valence-corrected chi connectivity index (χ4v) is 2.47. The first-order valence-corrected chi connectivity index (χ1v) is 7.54. The number of amides is 1. The molecule has 6 heteroatoms. The van der Waals surface area contributed by atoms with Gasteiger partial charge in [-0.2, -0.15) is 0 Å². The summed E-state index contributed by atoms with van der Waals surface area (Å²) >= 11 is 0. The van der Waals surface area contributed by atoms with Crippen molar-refractivity contribution in [3.8, 4) is 17.4 Å². The van der Waals surface area contributed by atoms with Crippen LogP contribution in [0.1, 0.15) is 12.8 Å². The maximum absolute atomic E-state index is 10.9. The van der Waals surface area contributed by atoms with Crippen molar-refractivity contribution in [2.45, 2.75) is 18.9 Å². The zero-order chi connectivity index (χ0) is 16.1. The first kappa shape index (κ1) is 15.1. The monoisotopic (exact) mass is 314 g/mol. The van der Waals surface area contributed by atoms with Gasteiger partial charge in [0.2, 0.25) is 5.88 Å². The summed E-state index contributed by atoms with van der Waals surface area (Å²) in [6.45, 7) is 1.03. The Hall–Kier alpha value is -2.76. The quantitative estimate of drug-likeness (QED) is 0.936. The highest BCUT2D eigenvalue weighted by molar-refractivity contribution is 5.65. The second-order valence-corrected chi connectivity index (χ2v) is 5.33. The molecule has 1 aromatic heterocycles. The summed E-state index contributed by atoms with van der Waals surface area (Å²) in [6, 6.07) is 12.8. The second kappa shape index (κ2) is 7.00. The maximum Gasteiger partial charge on any atom is 0.407 e. The third-order valence-corrected chi connectivity index (χ3v) is 3.70. The SMILES string of the molecule is O=C(O)N1CCC(Oc2ccc(Oc3ccccn3)cc2)CC1. The number of carbonyl (C=O) groups is 1. The van der Waals surface area contributed by atoms with E-state index < -0.39 is 6.09 Å². The number of pyridine rings is 1. The Labute approximate surface area is 134 Å². The van der Waals surface area contributed by atoms with Gasteiger partial charge in [-0.05, 0) is 30.3 Å². The van der Waals surface area contributed by atoms with Crippen LogP contribution >= 0.6 is 0 Å². The van der Waals surface area contributed by atoms with Crippen molar-refractivity contribution in [2.24, 2.45) is 0 Å². The summed E-state index contributed by atoms with van der Waals surface area (Å²) in [4.78, 5) is 16.4. The standard InChI is InChI=1S/C17H18N2O4/c20-17(21)19-11-8-15(9-12-19)22-13-4-6-14(7-5-13)23-16-3-1-2-10-18-16/h1-7,10,15H,8-9,11-12H2,(H,20,21). The summed E-state index contributed by atoms with van der Waals surface area (Å²) in [7, 11) is 0. The van der Waals surface area contributed by atoms with Gasteiger partial charge in [0.1, 0.15) is 17.6 Å². The molecule has 0 aliphatic carbocycles. The molecule has 0 spiro atoms. The van der Waals surface area contributed by atoms with E-state index in [1.54, 1.807) is 12.3 Å². The molecule has 0 saturated carbocycles. The molecule has 1 saturated heterocycles. The minimum atomic E-state index is -0.862. The van der Waals surface area contributed by atoms with Crippen molar-refractivity contribution in [1.82, 2.24) is 9.88 Å². The number of ether oxygens (including phenoxy) is 2. The van der Waals surface area contributed by atoms with Gasteiger partial charge >= 0.3 is 6.09 Å². The van der Waals surface area contributed by atoms with Gasteiger partial charge in [0.25, 0.3) is 0 Å². The average Bonchev–Trinajstić information content (AvgIpc) is 2.58. The van der Waals surface area contributed by atoms with E-state index >= 15 is 0 Å². The third kappa shape index (κ3) is 4.12. The van der Waals surface area contributed by atoms with Crippen LogP contribution in [0.25, 0.3) is 0 Å². The van der Waals surface area contributed by atoms with E-state index in [1.165, 1.54) is 4.90 Å². The fraction of sp³-hybridized carbons (Fsp3) is 0.294. The highest BCUT2D eigenvalue weighted by Gasteiger charge is 2.23. The van der Waals surface area contributed by atoms with E-state index in [-0.39, 0.29) is 6.10 Å². The number of hydrogen-bond donors (Lipinski definition) is 1. The van der Waals surface area contributed by atoms with Crippen LogP contribution in [0.4, 0.5) is 4.79 Å². The Balaban J connectivity index is 1.53. The molecule has 120 valence electrons. The Morgan fingerprint density at radius 2 is 1.78 bits per heavy atom. The van der Waals surface area contributed by atoms with Gasteiger partial charge in [-0.15, -0.1) is 0 Å². The van der Waals surface area contributed by atoms with E-state index in [2.05, 4.69) is 4.98 Å². The van der Waals surface area contributed by atoms with E-state index in [9.17, 15) is 4.79 Å². The number of aromatic nitrogens is 1. The summed E-state index contributed by atoms with van der Waals surface area (Å²) < 4.78 is 11.5. The summed E-state index contributed by atoms with van der Waals surface area (Å²) in [5.41, 5.74) is 0. The zero-order valence-corrected chi connectivity index (χ0v) is 12.6. The van der Waals surface area contributed by atoms with E-state index in [0.717, 1.165) is 5.75 Å². The van der Waals surface area contributed by atoms with Crippen LogP contribution in [0, 0.1) is 0 Å². The molecule has 2 aromatic rings. The Bertz CT molecular complexity index is 637.